The van der Waals surface area contributed by atoms with Crippen LogP contribution in [0.3, 0.4) is 0 Å². The maximum atomic E-state index is 13.1. The van der Waals surface area contributed by atoms with E-state index in [2.05, 4.69) is 10.6 Å². The van der Waals surface area contributed by atoms with Crippen molar-refractivity contribution < 1.29 is 22.4 Å². The molecule has 28 heavy (non-hydrogen) atoms. The number of anilines is 2. The van der Waals surface area contributed by atoms with Crippen molar-refractivity contribution in [3.63, 3.8) is 0 Å². The van der Waals surface area contributed by atoms with Gasteiger partial charge in [-0.2, -0.15) is 4.31 Å². The number of amides is 2. The molecule has 1 heterocycles. The number of carbonyl (C=O) groups excluding carboxylic acids is 2. The molecule has 2 aromatic carbocycles. The number of hydrogen-bond acceptors (Lipinski definition) is 4. The van der Waals surface area contributed by atoms with Crippen LogP contribution in [0.25, 0.3) is 0 Å². The minimum absolute atomic E-state index is 0.0479. The third kappa shape index (κ3) is 4.37. The summed E-state index contributed by atoms with van der Waals surface area (Å²) in [7, 11) is -3.90. The van der Waals surface area contributed by atoms with Crippen LogP contribution in [0.4, 0.5) is 15.8 Å². The van der Waals surface area contributed by atoms with Crippen molar-refractivity contribution in [2.75, 3.05) is 17.2 Å². The van der Waals surface area contributed by atoms with Crippen molar-refractivity contribution in [3.05, 3.63) is 54.3 Å². The molecule has 0 aliphatic carbocycles. The van der Waals surface area contributed by atoms with E-state index in [0.29, 0.717) is 24.2 Å². The first-order valence-electron chi connectivity index (χ1n) is 8.73. The van der Waals surface area contributed by atoms with Crippen LogP contribution in [0.5, 0.6) is 0 Å². The molecule has 0 unspecified atom stereocenters. The van der Waals surface area contributed by atoms with Crippen LogP contribution in [-0.2, 0) is 19.6 Å². The molecule has 0 bridgehead atoms. The molecule has 3 rings (SSSR count). The molecule has 0 saturated carbocycles. The summed E-state index contributed by atoms with van der Waals surface area (Å²) in [4.78, 5) is 23.7. The predicted molar refractivity (Wildman–Crippen MR) is 103 cm³/mol. The normalized spacial score (nSPS) is 17.3. The maximum absolute atomic E-state index is 13.1. The van der Waals surface area contributed by atoms with Crippen LogP contribution in [0.15, 0.2) is 53.4 Å². The summed E-state index contributed by atoms with van der Waals surface area (Å²) in [6.07, 6.45) is 0.955. The number of rotatable bonds is 5. The van der Waals surface area contributed by atoms with E-state index in [1.165, 1.54) is 19.1 Å². The molecule has 1 fully saturated rings. The molecular formula is C19H20FN3O4S. The molecule has 2 N–H and O–H groups in total. The van der Waals surface area contributed by atoms with E-state index >= 15 is 0 Å². The second kappa shape index (κ2) is 8.07. The van der Waals surface area contributed by atoms with Crippen molar-refractivity contribution >= 4 is 33.2 Å². The standard InChI is InChI=1S/C19H20FN3O4S/c1-13(24)21-15-6-8-16(9-7-15)22-19(25)18-3-2-12-23(18)28(26,27)17-10-4-14(20)5-11-17/h4-11,18H,2-3,12H2,1H3,(H,21,24)(H,22,25)/t18-/m0/s1. The Hall–Kier alpha value is -2.78. The molecule has 1 aliphatic rings. The molecule has 0 spiro atoms. The summed E-state index contributed by atoms with van der Waals surface area (Å²) < 4.78 is 39.9. The van der Waals surface area contributed by atoms with Gasteiger partial charge in [-0.05, 0) is 61.4 Å². The molecule has 1 atom stereocenters. The van der Waals surface area contributed by atoms with Crippen LogP contribution in [0.2, 0.25) is 0 Å². The number of carbonyl (C=O) groups is 2. The second-order valence-electron chi connectivity index (χ2n) is 6.48. The molecule has 0 radical (unpaired) electrons. The van der Waals surface area contributed by atoms with Crippen LogP contribution >= 0.6 is 0 Å². The fourth-order valence-electron chi connectivity index (χ4n) is 3.10. The molecule has 1 aliphatic heterocycles. The van der Waals surface area contributed by atoms with Crippen molar-refractivity contribution in [3.8, 4) is 0 Å². The largest absolute Gasteiger partial charge is 0.326 e. The molecule has 1 saturated heterocycles. The lowest BCUT2D eigenvalue weighted by molar-refractivity contribution is -0.119. The summed E-state index contributed by atoms with van der Waals surface area (Å²) in [5, 5.41) is 5.33. The number of hydrogen-bond donors (Lipinski definition) is 2. The van der Waals surface area contributed by atoms with Gasteiger partial charge in [0.05, 0.1) is 4.90 Å². The fourth-order valence-corrected chi connectivity index (χ4v) is 4.75. The van der Waals surface area contributed by atoms with Crippen molar-refractivity contribution in [1.82, 2.24) is 4.31 Å². The number of nitrogens with zero attached hydrogens (tertiary/aromatic N) is 1. The van der Waals surface area contributed by atoms with Gasteiger partial charge in [0.15, 0.2) is 0 Å². The molecule has 148 valence electrons. The monoisotopic (exact) mass is 405 g/mol. The Labute approximate surface area is 162 Å². The zero-order valence-electron chi connectivity index (χ0n) is 15.2. The summed E-state index contributed by atoms with van der Waals surface area (Å²) in [6.45, 7) is 1.62. The fraction of sp³-hybridized carbons (Fsp3) is 0.263. The first-order chi connectivity index (χ1) is 13.3. The Morgan fingerprint density at radius 3 is 2.14 bits per heavy atom. The van der Waals surface area contributed by atoms with Gasteiger partial charge in [-0.25, -0.2) is 12.8 Å². The van der Waals surface area contributed by atoms with Gasteiger partial charge in [-0.1, -0.05) is 0 Å². The van der Waals surface area contributed by atoms with Crippen LogP contribution < -0.4 is 10.6 Å². The van der Waals surface area contributed by atoms with Gasteiger partial charge < -0.3 is 10.6 Å². The Morgan fingerprint density at radius 2 is 1.57 bits per heavy atom. The quantitative estimate of drug-likeness (QED) is 0.799. The van der Waals surface area contributed by atoms with E-state index in [1.807, 2.05) is 0 Å². The molecule has 2 amide bonds. The lowest BCUT2D eigenvalue weighted by Crippen LogP contribution is -2.43. The molecule has 0 aromatic heterocycles. The van der Waals surface area contributed by atoms with E-state index in [1.54, 1.807) is 24.3 Å². The van der Waals surface area contributed by atoms with E-state index < -0.39 is 27.8 Å². The van der Waals surface area contributed by atoms with Gasteiger partial charge in [0.25, 0.3) is 0 Å². The minimum Gasteiger partial charge on any atom is -0.326 e. The highest BCUT2D eigenvalue weighted by Crippen LogP contribution is 2.27. The van der Waals surface area contributed by atoms with Crippen molar-refractivity contribution in [1.29, 1.82) is 0 Å². The van der Waals surface area contributed by atoms with Gasteiger partial charge in [-0.3, -0.25) is 9.59 Å². The summed E-state index contributed by atoms with van der Waals surface area (Å²) in [5.74, 6) is -1.17. The average Bonchev–Trinajstić information content (AvgIpc) is 3.14. The van der Waals surface area contributed by atoms with Gasteiger partial charge in [-0.15, -0.1) is 0 Å². The van der Waals surface area contributed by atoms with Crippen molar-refractivity contribution in [2.45, 2.75) is 30.7 Å². The average molecular weight is 405 g/mol. The number of benzene rings is 2. The number of sulfonamides is 1. The zero-order chi connectivity index (χ0) is 20.3. The summed E-state index contributed by atoms with van der Waals surface area (Å²) >= 11 is 0. The van der Waals surface area contributed by atoms with Gasteiger partial charge in [0.1, 0.15) is 11.9 Å². The number of nitrogens with one attached hydrogen (secondary N) is 2. The van der Waals surface area contributed by atoms with Gasteiger partial charge in [0, 0.05) is 24.8 Å². The SMILES string of the molecule is CC(=O)Nc1ccc(NC(=O)[C@@H]2CCCN2S(=O)(=O)c2ccc(F)cc2)cc1. The van der Waals surface area contributed by atoms with E-state index in [9.17, 15) is 22.4 Å². The lowest BCUT2D eigenvalue weighted by atomic mass is 10.2. The molecule has 7 nitrogen and oxygen atoms in total. The third-order valence-electron chi connectivity index (χ3n) is 4.40. The smallest absolute Gasteiger partial charge is 0.243 e. The first-order valence-corrected chi connectivity index (χ1v) is 10.2. The van der Waals surface area contributed by atoms with Crippen molar-refractivity contribution in [2.24, 2.45) is 0 Å². The van der Waals surface area contributed by atoms with Gasteiger partial charge >= 0.3 is 0 Å². The number of halogens is 1. The summed E-state index contributed by atoms with van der Waals surface area (Å²) in [5.41, 5.74) is 1.08. The Kier molecular flexibility index (Phi) is 5.76. The second-order valence-corrected chi connectivity index (χ2v) is 8.37. The Morgan fingerprint density at radius 1 is 1.00 bits per heavy atom. The minimum atomic E-state index is -3.90. The highest BCUT2D eigenvalue weighted by molar-refractivity contribution is 7.89. The zero-order valence-corrected chi connectivity index (χ0v) is 16.0. The molecule has 9 heteroatoms. The van der Waals surface area contributed by atoms with E-state index in [4.69, 9.17) is 0 Å². The Bertz CT molecular complexity index is 975. The summed E-state index contributed by atoms with van der Waals surface area (Å²) in [6, 6.07) is 10.2. The molecular weight excluding hydrogens is 385 g/mol. The maximum Gasteiger partial charge on any atom is 0.243 e. The van der Waals surface area contributed by atoms with E-state index in [0.717, 1.165) is 16.4 Å². The van der Waals surface area contributed by atoms with Crippen LogP contribution in [-0.4, -0.2) is 37.1 Å². The third-order valence-corrected chi connectivity index (χ3v) is 6.32. The van der Waals surface area contributed by atoms with Gasteiger partial charge in [0.2, 0.25) is 21.8 Å². The van der Waals surface area contributed by atoms with Crippen LogP contribution in [0.1, 0.15) is 19.8 Å². The highest BCUT2D eigenvalue weighted by atomic mass is 32.2. The van der Waals surface area contributed by atoms with E-state index in [-0.39, 0.29) is 17.3 Å². The highest BCUT2D eigenvalue weighted by Gasteiger charge is 2.39. The first kappa shape index (κ1) is 20.0. The predicted octanol–water partition coefficient (Wildman–Crippen LogP) is 2.58. The lowest BCUT2D eigenvalue weighted by Gasteiger charge is -2.23. The topological polar surface area (TPSA) is 95.6 Å². The Balaban J connectivity index is 1.74. The van der Waals surface area contributed by atoms with Crippen LogP contribution in [0, 0.1) is 5.82 Å². The molecule has 2 aromatic rings.